The lowest BCUT2D eigenvalue weighted by Crippen LogP contribution is -2.37. The summed E-state index contributed by atoms with van der Waals surface area (Å²) in [4.78, 5) is 16.5. The highest BCUT2D eigenvalue weighted by atomic mass is 32.1. The predicted molar refractivity (Wildman–Crippen MR) is 86.0 cm³/mol. The SMILES string of the molecule is CC(C)c1nn(C)c2sc(C(=O)N(C)C3CCNC3)cc12. The second-order valence-electron chi connectivity index (χ2n) is 6.06. The van der Waals surface area contributed by atoms with Gasteiger partial charge < -0.3 is 10.2 Å². The number of fused-ring (bicyclic) bond motifs is 1. The van der Waals surface area contributed by atoms with E-state index in [4.69, 9.17) is 0 Å². The molecule has 0 bridgehead atoms. The van der Waals surface area contributed by atoms with Gasteiger partial charge in [0.1, 0.15) is 4.83 Å². The highest BCUT2D eigenvalue weighted by Crippen LogP contribution is 2.32. The Morgan fingerprint density at radius 2 is 2.33 bits per heavy atom. The standard InChI is InChI=1S/C15H22N4OS/c1-9(2)13-11-7-12(21-15(11)19(4)17-13)14(20)18(3)10-5-6-16-8-10/h7,9-10,16H,5-6,8H2,1-4H3. The van der Waals surface area contributed by atoms with Crippen LogP contribution in [0.3, 0.4) is 0 Å². The highest BCUT2D eigenvalue weighted by molar-refractivity contribution is 7.20. The average Bonchev–Trinajstić information content (AvgIpc) is 3.14. The topological polar surface area (TPSA) is 50.2 Å². The number of rotatable bonds is 3. The maximum Gasteiger partial charge on any atom is 0.264 e. The molecule has 1 unspecified atom stereocenters. The molecule has 0 aromatic carbocycles. The van der Waals surface area contributed by atoms with Gasteiger partial charge in [-0.3, -0.25) is 9.48 Å². The first-order valence-electron chi connectivity index (χ1n) is 7.43. The first-order chi connectivity index (χ1) is 9.99. The molecule has 1 atom stereocenters. The van der Waals surface area contributed by atoms with Crippen LogP contribution in [0.25, 0.3) is 10.2 Å². The molecular formula is C15H22N4OS. The number of aromatic nitrogens is 2. The van der Waals surface area contributed by atoms with Crippen molar-refractivity contribution < 1.29 is 4.79 Å². The summed E-state index contributed by atoms with van der Waals surface area (Å²) in [7, 11) is 3.86. The van der Waals surface area contributed by atoms with Crippen LogP contribution in [-0.4, -0.2) is 46.8 Å². The van der Waals surface area contributed by atoms with E-state index < -0.39 is 0 Å². The van der Waals surface area contributed by atoms with Crippen molar-refractivity contribution in [2.45, 2.75) is 32.2 Å². The molecule has 0 radical (unpaired) electrons. The lowest BCUT2D eigenvalue weighted by atomic mass is 10.1. The van der Waals surface area contributed by atoms with Gasteiger partial charge in [-0.05, 0) is 24.9 Å². The molecule has 3 rings (SSSR count). The third-order valence-electron chi connectivity index (χ3n) is 4.20. The van der Waals surface area contributed by atoms with Crippen molar-refractivity contribution >= 4 is 27.5 Å². The Balaban J connectivity index is 1.93. The monoisotopic (exact) mass is 306 g/mol. The molecule has 1 saturated heterocycles. The smallest absolute Gasteiger partial charge is 0.264 e. The largest absolute Gasteiger partial charge is 0.337 e. The number of carbonyl (C=O) groups excluding carboxylic acids is 1. The third kappa shape index (κ3) is 2.46. The van der Waals surface area contributed by atoms with Crippen LogP contribution in [0.4, 0.5) is 0 Å². The quantitative estimate of drug-likeness (QED) is 0.946. The molecule has 6 heteroatoms. The zero-order chi connectivity index (χ0) is 15.1. The van der Waals surface area contributed by atoms with E-state index in [9.17, 15) is 4.79 Å². The molecule has 0 saturated carbocycles. The van der Waals surface area contributed by atoms with E-state index in [0.29, 0.717) is 12.0 Å². The molecule has 0 aliphatic carbocycles. The van der Waals surface area contributed by atoms with Gasteiger partial charge in [0, 0.05) is 32.1 Å². The number of nitrogens with zero attached hydrogens (tertiary/aromatic N) is 3. The number of carbonyl (C=O) groups is 1. The van der Waals surface area contributed by atoms with E-state index in [0.717, 1.165) is 40.3 Å². The molecule has 1 aliphatic heterocycles. The fraction of sp³-hybridized carbons (Fsp3) is 0.600. The lowest BCUT2D eigenvalue weighted by molar-refractivity contribution is 0.0749. The molecule has 1 N–H and O–H groups in total. The van der Waals surface area contributed by atoms with Gasteiger partial charge in [-0.1, -0.05) is 13.8 Å². The predicted octanol–water partition coefficient (Wildman–Crippen LogP) is 2.19. The minimum atomic E-state index is 0.125. The normalized spacial score (nSPS) is 18.8. The molecule has 2 aromatic heterocycles. The Labute approximate surface area is 128 Å². The zero-order valence-corrected chi connectivity index (χ0v) is 13.8. The van der Waals surface area contributed by atoms with E-state index >= 15 is 0 Å². The summed E-state index contributed by atoms with van der Waals surface area (Å²) in [6.45, 7) is 6.16. The van der Waals surface area contributed by atoms with Gasteiger partial charge in [-0.2, -0.15) is 5.10 Å². The van der Waals surface area contributed by atoms with Crippen LogP contribution in [0.1, 0.15) is 41.6 Å². The molecule has 2 aromatic rings. The Hall–Kier alpha value is -1.40. The minimum Gasteiger partial charge on any atom is -0.337 e. The molecule has 0 spiro atoms. The molecule has 5 nitrogen and oxygen atoms in total. The second kappa shape index (κ2) is 5.42. The summed E-state index contributed by atoms with van der Waals surface area (Å²) in [6.07, 6.45) is 1.03. The number of likely N-dealkylation sites (N-methyl/N-ethyl adjacent to an activating group) is 1. The Bertz CT molecular complexity index is 667. The number of hydrogen-bond donors (Lipinski definition) is 1. The van der Waals surface area contributed by atoms with Crippen molar-refractivity contribution in [1.29, 1.82) is 0 Å². The Kier molecular flexibility index (Phi) is 3.75. The van der Waals surface area contributed by atoms with Crippen LogP contribution >= 0.6 is 11.3 Å². The van der Waals surface area contributed by atoms with E-state index in [-0.39, 0.29) is 5.91 Å². The van der Waals surface area contributed by atoms with E-state index in [1.807, 2.05) is 29.7 Å². The van der Waals surface area contributed by atoms with Crippen LogP contribution in [0, 0.1) is 0 Å². The van der Waals surface area contributed by atoms with Crippen LogP contribution in [-0.2, 0) is 7.05 Å². The van der Waals surface area contributed by atoms with Crippen molar-refractivity contribution in [3.63, 3.8) is 0 Å². The van der Waals surface area contributed by atoms with Gasteiger partial charge in [-0.15, -0.1) is 11.3 Å². The molecular weight excluding hydrogens is 284 g/mol. The van der Waals surface area contributed by atoms with E-state index in [1.165, 1.54) is 0 Å². The highest BCUT2D eigenvalue weighted by Gasteiger charge is 2.26. The first kappa shape index (κ1) is 14.5. The number of amides is 1. The van der Waals surface area contributed by atoms with Crippen molar-refractivity contribution in [1.82, 2.24) is 20.0 Å². The minimum absolute atomic E-state index is 0.125. The maximum absolute atomic E-state index is 12.7. The van der Waals surface area contributed by atoms with Crippen LogP contribution in [0.2, 0.25) is 0 Å². The fourth-order valence-corrected chi connectivity index (χ4v) is 3.97. The Morgan fingerprint density at radius 1 is 1.57 bits per heavy atom. The van der Waals surface area contributed by atoms with Gasteiger partial charge in [-0.25, -0.2) is 0 Å². The zero-order valence-electron chi connectivity index (χ0n) is 13.0. The fourth-order valence-electron chi connectivity index (χ4n) is 2.91. The number of nitrogens with one attached hydrogen (secondary N) is 1. The van der Waals surface area contributed by atoms with Crippen molar-refractivity contribution in [3.05, 3.63) is 16.6 Å². The van der Waals surface area contributed by atoms with Gasteiger partial charge in [0.25, 0.3) is 5.91 Å². The summed E-state index contributed by atoms with van der Waals surface area (Å²) < 4.78 is 1.89. The van der Waals surface area contributed by atoms with Crippen LogP contribution in [0.15, 0.2) is 6.07 Å². The van der Waals surface area contributed by atoms with E-state index in [1.54, 1.807) is 11.3 Å². The first-order valence-corrected chi connectivity index (χ1v) is 8.25. The maximum atomic E-state index is 12.7. The molecule has 1 aliphatic rings. The second-order valence-corrected chi connectivity index (χ2v) is 7.09. The number of aryl methyl sites for hydroxylation is 1. The molecule has 3 heterocycles. The van der Waals surface area contributed by atoms with Crippen molar-refractivity contribution in [2.24, 2.45) is 7.05 Å². The molecule has 1 fully saturated rings. The van der Waals surface area contributed by atoms with Gasteiger partial charge in [0.2, 0.25) is 0 Å². The number of thiophene rings is 1. The summed E-state index contributed by atoms with van der Waals surface area (Å²) in [6, 6.07) is 2.33. The summed E-state index contributed by atoms with van der Waals surface area (Å²) in [5.74, 6) is 0.489. The van der Waals surface area contributed by atoms with Gasteiger partial charge in [0.05, 0.1) is 10.6 Å². The Morgan fingerprint density at radius 3 is 2.95 bits per heavy atom. The van der Waals surface area contributed by atoms with Gasteiger partial charge in [0.15, 0.2) is 0 Å². The average molecular weight is 306 g/mol. The lowest BCUT2D eigenvalue weighted by Gasteiger charge is -2.22. The van der Waals surface area contributed by atoms with Crippen LogP contribution in [0.5, 0.6) is 0 Å². The molecule has 114 valence electrons. The third-order valence-corrected chi connectivity index (χ3v) is 5.39. The summed E-state index contributed by atoms with van der Waals surface area (Å²) >= 11 is 1.55. The van der Waals surface area contributed by atoms with Crippen molar-refractivity contribution in [2.75, 3.05) is 20.1 Å². The summed E-state index contributed by atoms with van der Waals surface area (Å²) in [5, 5.41) is 9.00. The van der Waals surface area contributed by atoms with Crippen molar-refractivity contribution in [3.8, 4) is 0 Å². The summed E-state index contributed by atoms with van der Waals surface area (Å²) in [5.41, 5.74) is 1.08. The molecule has 1 amide bonds. The van der Waals surface area contributed by atoms with E-state index in [2.05, 4.69) is 24.3 Å². The molecule has 21 heavy (non-hydrogen) atoms. The van der Waals surface area contributed by atoms with Gasteiger partial charge >= 0.3 is 0 Å². The number of hydrogen-bond acceptors (Lipinski definition) is 4. The van der Waals surface area contributed by atoms with Crippen LogP contribution < -0.4 is 5.32 Å².